The zero-order valence-corrected chi connectivity index (χ0v) is 10.8. The molecular weight excluding hydrogens is 252 g/mol. The molecule has 1 heterocycles. The highest BCUT2D eigenvalue weighted by molar-refractivity contribution is 5.98. The van der Waals surface area contributed by atoms with E-state index in [1.165, 1.54) is 0 Å². The van der Waals surface area contributed by atoms with Crippen molar-refractivity contribution in [2.45, 2.75) is 6.54 Å². The van der Waals surface area contributed by atoms with Crippen molar-refractivity contribution in [3.63, 3.8) is 0 Å². The number of benzene rings is 2. The van der Waals surface area contributed by atoms with Gasteiger partial charge >= 0.3 is 0 Å². The number of nitrogens with two attached hydrogens (primary N) is 1. The van der Waals surface area contributed by atoms with Crippen molar-refractivity contribution in [3.05, 3.63) is 59.8 Å². The molecule has 100 valence electrons. The van der Waals surface area contributed by atoms with Crippen LogP contribution in [0.5, 0.6) is 0 Å². The molecule has 1 amide bonds. The Morgan fingerprint density at radius 2 is 2.00 bits per heavy atom. The van der Waals surface area contributed by atoms with E-state index >= 15 is 0 Å². The second-order valence-corrected chi connectivity index (χ2v) is 4.55. The number of aromatic amines is 1. The number of aromatic nitrogens is 2. The van der Waals surface area contributed by atoms with E-state index in [0.29, 0.717) is 17.9 Å². The van der Waals surface area contributed by atoms with E-state index in [2.05, 4.69) is 15.5 Å². The molecule has 0 aliphatic heterocycles. The predicted molar refractivity (Wildman–Crippen MR) is 78.1 cm³/mol. The topological polar surface area (TPSA) is 83.8 Å². The number of anilines is 1. The molecule has 3 rings (SSSR count). The maximum absolute atomic E-state index is 12.1. The molecule has 5 heteroatoms. The Bertz CT molecular complexity index is 763. The van der Waals surface area contributed by atoms with Crippen LogP contribution in [0.2, 0.25) is 0 Å². The summed E-state index contributed by atoms with van der Waals surface area (Å²) < 4.78 is 0. The van der Waals surface area contributed by atoms with Gasteiger partial charge in [-0.15, -0.1) is 0 Å². The average molecular weight is 266 g/mol. The first kappa shape index (κ1) is 12.2. The van der Waals surface area contributed by atoms with Crippen molar-refractivity contribution < 1.29 is 4.79 Å². The number of rotatable bonds is 3. The molecule has 0 saturated heterocycles. The number of hydrogen-bond acceptors (Lipinski definition) is 3. The lowest BCUT2D eigenvalue weighted by molar-refractivity contribution is 0.0951. The first-order chi connectivity index (χ1) is 9.74. The second-order valence-electron chi connectivity index (χ2n) is 4.55. The predicted octanol–water partition coefficient (Wildman–Crippen LogP) is 2.08. The fourth-order valence-corrected chi connectivity index (χ4v) is 2.07. The second kappa shape index (κ2) is 5.05. The van der Waals surface area contributed by atoms with Gasteiger partial charge in [0.1, 0.15) is 5.82 Å². The normalized spacial score (nSPS) is 10.6. The fraction of sp³-hybridized carbons (Fsp3) is 0.0667. The van der Waals surface area contributed by atoms with Crippen LogP contribution in [0.1, 0.15) is 15.9 Å². The van der Waals surface area contributed by atoms with E-state index in [1.807, 2.05) is 42.5 Å². The summed E-state index contributed by atoms with van der Waals surface area (Å²) in [6.07, 6.45) is 1.61. The number of amides is 1. The Balaban J connectivity index is 1.77. The Labute approximate surface area is 115 Å². The molecule has 4 N–H and O–H groups in total. The molecule has 3 aromatic rings. The molecule has 1 aromatic heterocycles. The van der Waals surface area contributed by atoms with Gasteiger partial charge in [0.2, 0.25) is 0 Å². The molecule has 2 aromatic carbocycles. The molecular formula is C15H14N4O. The van der Waals surface area contributed by atoms with Gasteiger partial charge < -0.3 is 11.1 Å². The Morgan fingerprint density at radius 3 is 2.75 bits per heavy atom. The zero-order valence-electron chi connectivity index (χ0n) is 10.8. The minimum Gasteiger partial charge on any atom is -0.384 e. The zero-order chi connectivity index (χ0) is 13.9. The molecule has 0 aliphatic rings. The first-order valence-electron chi connectivity index (χ1n) is 6.29. The van der Waals surface area contributed by atoms with Crippen LogP contribution in [-0.4, -0.2) is 16.1 Å². The summed E-state index contributed by atoms with van der Waals surface area (Å²) in [5, 5.41) is 11.4. The number of nitrogens with zero attached hydrogens (tertiary/aromatic N) is 1. The number of hydrogen-bond donors (Lipinski definition) is 3. The van der Waals surface area contributed by atoms with Crippen molar-refractivity contribution in [1.82, 2.24) is 15.5 Å². The van der Waals surface area contributed by atoms with Crippen LogP contribution in [0.4, 0.5) is 5.82 Å². The third-order valence-electron chi connectivity index (χ3n) is 3.20. The van der Waals surface area contributed by atoms with Crippen LogP contribution >= 0.6 is 0 Å². The highest BCUT2D eigenvalue weighted by Crippen LogP contribution is 2.15. The van der Waals surface area contributed by atoms with Gasteiger partial charge in [-0.05, 0) is 22.9 Å². The maximum atomic E-state index is 12.1. The molecule has 20 heavy (non-hydrogen) atoms. The monoisotopic (exact) mass is 266 g/mol. The molecule has 0 spiro atoms. The summed E-state index contributed by atoms with van der Waals surface area (Å²) in [5.41, 5.74) is 7.08. The van der Waals surface area contributed by atoms with Crippen LogP contribution in [0, 0.1) is 0 Å². The third kappa shape index (κ3) is 2.33. The Hall–Kier alpha value is -2.82. The standard InChI is InChI=1S/C15H14N4O/c16-14-13(9-18-19-14)8-17-15(20)12-6-5-10-3-1-2-4-11(10)7-12/h1-7,9H,8H2,(H,17,20)(H3,16,18,19). The summed E-state index contributed by atoms with van der Waals surface area (Å²) in [5.74, 6) is 0.347. The van der Waals surface area contributed by atoms with Gasteiger partial charge in [-0.2, -0.15) is 5.10 Å². The van der Waals surface area contributed by atoms with Crippen molar-refractivity contribution >= 4 is 22.5 Å². The lowest BCUT2D eigenvalue weighted by atomic mass is 10.1. The number of fused-ring (bicyclic) bond motifs is 1. The molecule has 0 saturated carbocycles. The van der Waals surface area contributed by atoms with Crippen molar-refractivity contribution in [2.24, 2.45) is 0 Å². The van der Waals surface area contributed by atoms with Gasteiger partial charge in [-0.3, -0.25) is 9.89 Å². The van der Waals surface area contributed by atoms with Gasteiger partial charge in [0, 0.05) is 17.7 Å². The number of H-pyrrole nitrogens is 1. The summed E-state index contributed by atoms with van der Waals surface area (Å²) in [6, 6.07) is 13.6. The Kier molecular flexibility index (Phi) is 3.09. The molecule has 0 fully saturated rings. The van der Waals surface area contributed by atoms with E-state index in [1.54, 1.807) is 6.20 Å². The lowest BCUT2D eigenvalue weighted by Gasteiger charge is -2.05. The van der Waals surface area contributed by atoms with Gasteiger partial charge in [-0.1, -0.05) is 30.3 Å². The smallest absolute Gasteiger partial charge is 0.251 e. The Morgan fingerprint density at radius 1 is 1.20 bits per heavy atom. The van der Waals surface area contributed by atoms with E-state index < -0.39 is 0 Å². The molecule has 5 nitrogen and oxygen atoms in total. The summed E-state index contributed by atoms with van der Waals surface area (Å²) in [6.45, 7) is 0.355. The van der Waals surface area contributed by atoms with Gasteiger partial charge in [0.15, 0.2) is 0 Å². The van der Waals surface area contributed by atoms with E-state index in [0.717, 1.165) is 16.3 Å². The van der Waals surface area contributed by atoms with Crippen molar-refractivity contribution in [3.8, 4) is 0 Å². The van der Waals surface area contributed by atoms with Crippen LogP contribution in [-0.2, 0) is 6.54 Å². The van der Waals surface area contributed by atoms with Crippen molar-refractivity contribution in [1.29, 1.82) is 0 Å². The highest BCUT2D eigenvalue weighted by atomic mass is 16.1. The molecule has 0 bridgehead atoms. The van der Waals surface area contributed by atoms with Crippen LogP contribution in [0.15, 0.2) is 48.7 Å². The largest absolute Gasteiger partial charge is 0.384 e. The summed E-state index contributed by atoms with van der Waals surface area (Å²) in [7, 11) is 0. The molecule has 0 atom stereocenters. The number of carbonyl (C=O) groups is 1. The minimum atomic E-state index is -0.128. The maximum Gasteiger partial charge on any atom is 0.251 e. The highest BCUT2D eigenvalue weighted by Gasteiger charge is 2.08. The van der Waals surface area contributed by atoms with E-state index in [4.69, 9.17) is 5.73 Å². The van der Waals surface area contributed by atoms with Crippen LogP contribution < -0.4 is 11.1 Å². The number of carbonyl (C=O) groups excluding carboxylic acids is 1. The average Bonchev–Trinajstić information content (AvgIpc) is 2.89. The summed E-state index contributed by atoms with van der Waals surface area (Å²) in [4.78, 5) is 12.1. The summed E-state index contributed by atoms with van der Waals surface area (Å²) >= 11 is 0. The van der Waals surface area contributed by atoms with E-state index in [-0.39, 0.29) is 5.91 Å². The molecule has 0 aliphatic carbocycles. The van der Waals surface area contributed by atoms with Gasteiger partial charge in [-0.25, -0.2) is 0 Å². The van der Waals surface area contributed by atoms with Crippen molar-refractivity contribution in [2.75, 3.05) is 5.73 Å². The number of nitrogens with one attached hydrogen (secondary N) is 2. The van der Waals surface area contributed by atoms with Gasteiger partial charge in [0.05, 0.1) is 6.20 Å². The minimum absolute atomic E-state index is 0.128. The number of nitrogen functional groups attached to an aromatic ring is 1. The van der Waals surface area contributed by atoms with Crippen LogP contribution in [0.3, 0.4) is 0 Å². The third-order valence-corrected chi connectivity index (χ3v) is 3.20. The van der Waals surface area contributed by atoms with Gasteiger partial charge in [0.25, 0.3) is 5.91 Å². The SMILES string of the molecule is Nc1[nH]ncc1CNC(=O)c1ccc2ccccc2c1. The lowest BCUT2D eigenvalue weighted by Crippen LogP contribution is -2.22. The van der Waals surface area contributed by atoms with E-state index in [9.17, 15) is 4.79 Å². The van der Waals surface area contributed by atoms with Crippen LogP contribution in [0.25, 0.3) is 10.8 Å². The molecule has 0 unspecified atom stereocenters. The first-order valence-corrected chi connectivity index (χ1v) is 6.29. The quantitative estimate of drug-likeness (QED) is 0.678. The fourth-order valence-electron chi connectivity index (χ4n) is 2.07. The molecule has 0 radical (unpaired) electrons.